The number of benzene rings is 2. The Morgan fingerprint density at radius 3 is 2.45 bits per heavy atom. The van der Waals surface area contributed by atoms with Crippen molar-refractivity contribution in [1.29, 1.82) is 0 Å². The first-order valence-corrected chi connectivity index (χ1v) is 7.41. The summed E-state index contributed by atoms with van der Waals surface area (Å²) < 4.78 is 11.1. The number of halogens is 2. The third-order valence-electron chi connectivity index (χ3n) is 2.98. The van der Waals surface area contributed by atoms with Gasteiger partial charge in [-0.25, -0.2) is 0 Å². The highest BCUT2D eigenvalue weighted by atomic mass is 79.9. The number of nitrogen functional groups attached to an aromatic ring is 1. The van der Waals surface area contributed by atoms with Crippen LogP contribution >= 0.6 is 27.5 Å². The monoisotopic (exact) mass is 384 g/mol. The van der Waals surface area contributed by atoms with Crippen LogP contribution in [0, 0.1) is 0 Å². The fourth-order valence-corrected chi connectivity index (χ4v) is 2.32. The molecule has 0 radical (unpaired) electrons. The molecule has 2 aromatic rings. The summed E-state index contributed by atoms with van der Waals surface area (Å²) in [7, 11) is 2.99. The average Bonchev–Trinajstić information content (AvgIpc) is 2.51. The second-order valence-electron chi connectivity index (χ2n) is 4.38. The third-order valence-corrected chi connectivity index (χ3v) is 4.00. The first-order valence-electron chi connectivity index (χ1n) is 6.24. The summed E-state index contributed by atoms with van der Waals surface area (Å²) in [6.45, 7) is 0. The zero-order valence-electron chi connectivity index (χ0n) is 11.9. The Bertz CT molecular complexity index is 722. The zero-order valence-corrected chi connectivity index (χ0v) is 14.3. The van der Waals surface area contributed by atoms with Crippen LogP contribution in [-0.2, 0) is 0 Å². The van der Waals surface area contributed by atoms with E-state index >= 15 is 0 Å². The zero-order chi connectivity index (χ0) is 16.3. The van der Waals surface area contributed by atoms with Crippen molar-refractivity contribution in [3.8, 4) is 11.5 Å². The van der Waals surface area contributed by atoms with Crippen molar-refractivity contribution in [3.63, 3.8) is 0 Å². The molecule has 0 atom stereocenters. The van der Waals surface area contributed by atoms with Crippen molar-refractivity contribution >= 4 is 44.8 Å². The quantitative estimate of drug-likeness (QED) is 0.782. The Kier molecular flexibility index (Phi) is 5.15. The van der Waals surface area contributed by atoms with E-state index in [-0.39, 0.29) is 5.91 Å². The summed E-state index contributed by atoms with van der Waals surface area (Å²) in [4.78, 5) is 12.3. The van der Waals surface area contributed by atoms with Crippen LogP contribution in [0.4, 0.5) is 11.4 Å². The van der Waals surface area contributed by atoms with Crippen LogP contribution in [0.25, 0.3) is 0 Å². The third kappa shape index (κ3) is 3.45. The van der Waals surface area contributed by atoms with Crippen LogP contribution in [0.15, 0.2) is 34.8 Å². The second-order valence-corrected chi connectivity index (χ2v) is 5.64. The van der Waals surface area contributed by atoms with Gasteiger partial charge in [0, 0.05) is 27.9 Å². The van der Waals surface area contributed by atoms with Crippen LogP contribution in [0.2, 0.25) is 5.02 Å². The number of amides is 1. The number of carbonyl (C=O) groups excluding carboxylic acids is 1. The van der Waals surface area contributed by atoms with E-state index in [2.05, 4.69) is 21.2 Å². The minimum atomic E-state index is -0.318. The number of ether oxygens (including phenoxy) is 2. The molecule has 0 aliphatic heterocycles. The predicted molar refractivity (Wildman–Crippen MR) is 91.1 cm³/mol. The smallest absolute Gasteiger partial charge is 0.255 e. The molecule has 0 aliphatic rings. The van der Waals surface area contributed by atoms with E-state index in [1.807, 2.05) is 0 Å². The van der Waals surface area contributed by atoms with Gasteiger partial charge >= 0.3 is 0 Å². The van der Waals surface area contributed by atoms with E-state index < -0.39 is 0 Å². The normalized spacial score (nSPS) is 10.2. The molecule has 0 spiro atoms. The van der Waals surface area contributed by atoms with Crippen molar-refractivity contribution < 1.29 is 14.3 Å². The van der Waals surface area contributed by atoms with Crippen molar-refractivity contribution in [3.05, 3.63) is 45.4 Å². The number of rotatable bonds is 4. The summed E-state index contributed by atoms with van der Waals surface area (Å²) in [6, 6.07) is 8.13. The molecule has 0 aliphatic carbocycles. The van der Waals surface area contributed by atoms with Crippen molar-refractivity contribution in [2.75, 3.05) is 25.3 Å². The average molecular weight is 386 g/mol. The van der Waals surface area contributed by atoms with Crippen LogP contribution < -0.4 is 20.5 Å². The van der Waals surface area contributed by atoms with Crippen LogP contribution in [0.1, 0.15) is 10.4 Å². The van der Waals surface area contributed by atoms with E-state index in [1.54, 1.807) is 30.3 Å². The van der Waals surface area contributed by atoms with Gasteiger partial charge in [0.1, 0.15) is 11.5 Å². The van der Waals surface area contributed by atoms with Crippen molar-refractivity contribution in [2.24, 2.45) is 0 Å². The Labute approximate surface area is 141 Å². The molecular formula is C15H14BrClN2O3. The van der Waals surface area contributed by atoms with E-state index in [9.17, 15) is 4.79 Å². The topological polar surface area (TPSA) is 73.6 Å². The molecule has 0 fully saturated rings. The molecule has 22 heavy (non-hydrogen) atoms. The molecule has 2 aromatic carbocycles. The highest BCUT2D eigenvalue weighted by molar-refractivity contribution is 9.10. The van der Waals surface area contributed by atoms with Gasteiger partial charge in [-0.1, -0.05) is 11.6 Å². The van der Waals surface area contributed by atoms with Crippen LogP contribution in [0.5, 0.6) is 11.5 Å². The fourth-order valence-electron chi connectivity index (χ4n) is 1.84. The van der Waals surface area contributed by atoms with Gasteiger partial charge in [-0.2, -0.15) is 0 Å². The lowest BCUT2D eigenvalue weighted by atomic mass is 10.2. The summed E-state index contributed by atoms with van der Waals surface area (Å²) in [5, 5.41) is 3.15. The van der Waals surface area contributed by atoms with Gasteiger partial charge in [-0.3, -0.25) is 4.79 Å². The molecule has 0 aromatic heterocycles. The standard InChI is InChI=1S/C15H14BrClN2O3/c1-21-13-7-12(14(22-2)6-10(13)17)19-15(20)8-3-4-9(16)11(18)5-8/h3-7H,18H2,1-2H3,(H,19,20). The molecule has 0 heterocycles. The predicted octanol–water partition coefficient (Wildman–Crippen LogP) is 3.95. The molecule has 2 rings (SSSR count). The van der Waals surface area contributed by atoms with Gasteiger partial charge in [-0.15, -0.1) is 0 Å². The maximum atomic E-state index is 12.3. The lowest BCUT2D eigenvalue weighted by Crippen LogP contribution is -2.13. The van der Waals surface area contributed by atoms with E-state index in [4.69, 9.17) is 26.8 Å². The molecule has 5 nitrogen and oxygen atoms in total. The molecule has 116 valence electrons. The number of methoxy groups -OCH3 is 2. The maximum absolute atomic E-state index is 12.3. The van der Waals surface area contributed by atoms with E-state index in [0.717, 1.165) is 4.47 Å². The highest BCUT2D eigenvalue weighted by Crippen LogP contribution is 2.36. The van der Waals surface area contributed by atoms with Gasteiger partial charge in [0.2, 0.25) is 0 Å². The summed E-state index contributed by atoms with van der Waals surface area (Å²) in [5.41, 5.74) is 7.15. The van der Waals surface area contributed by atoms with Crippen molar-refractivity contribution in [2.45, 2.75) is 0 Å². The fraction of sp³-hybridized carbons (Fsp3) is 0.133. The highest BCUT2D eigenvalue weighted by Gasteiger charge is 2.14. The van der Waals surface area contributed by atoms with E-state index in [1.165, 1.54) is 14.2 Å². The summed E-state index contributed by atoms with van der Waals surface area (Å²) in [5.74, 6) is 0.555. The largest absolute Gasteiger partial charge is 0.495 e. The van der Waals surface area contributed by atoms with Gasteiger partial charge in [-0.05, 0) is 34.1 Å². The lowest BCUT2D eigenvalue weighted by Gasteiger charge is -2.13. The minimum Gasteiger partial charge on any atom is -0.495 e. The van der Waals surface area contributed by atoms with Crippen LogP contribution in [-0.4, -0.2) is 20.1 Å². The molecule has 3 N–H and O–H groups in total. The van der Waals surface area contributed by atoms with E-state index in [0.29, 0.717) is 33.5 Å². The first-order chi connectivity index (χ1) is 10.5. The SMILES string of the molecule is COc1cc(NC(=O)c2ccc(Br)c(N)c2)c(OC)cc1Cl. The number of carbonyl (C=O) groups is 1. The number of nitrogens with two attached hydrogens (primary N) is 1. The maximum Gasteiger partial charge on any atom is 0.255 e. The van der Waals surface area contributed by atoms with Gasteiger partial charge in [0.15, 0.2) is 0 Å². The van der Waals surface area contributed by atoms with Crippen molar-refractivity contribution in [1.82, 2.24) is 0 Å². The Hall–Kier alpha value is -1.92. The number of anilines is 2. The van der Waals surface area contributed by atoms with Gasteiger partial charge in [0.25, 0.3) is 5.91 Å². The lowest BCUT2D eigenvalue weighted by molar-refractivity contribution is 0.102. The van der Waals surface area contributed by atoms with Crippen LogP contribution in [0.3, 0.4) is 0 Å². The Morgan fingerprint density at radius 2 is 1.86 bits per heavy atom. The van der Waals surface area contributed by atoms with Gasteiger partial charge < -0.3 is 20.5 Å². The molecule has 0 saturated carbocycles. The van der Waals surface area contributed by atoms with Gasteiger partial charge in [0.05, 0.1) is 24.9 Å². The Morgan fingerprint density at radius 1 is 1.18 bits per heavy atom. The molecule has 1 amide bonds. The number of hydrogen-bond donors (Lipinski definition) is 2. The minimum absolute atomic E-state index is 0.318. The number of nitrogens with one attached hydrogen (secondary N) is 1. The second kappa shape index (κ2) is 6.89. The molecule has 7 heteroatoms. The summed E-state index contributed by atoms with van der Waals surface area (Å²) >= 11 is 9.32. The Balaban J connectivity index is 2.32. The molecular weight excluding hydrogens is 372 g/mol. The molecule has 0 saturated heterocycles. The molecule has 0 unspecified atom stereocenters. The summed E-state index contributed by atoms with van der Waals surface area (Å²) in [6.07, 6.45) is 0. The molecule has 0 bridgehead atoms. The number of hydrogen-bond acceptors (Lipinski definition) is 4. The first kappa shape index (κ1) is 16.5.